The van der Waals surface area contributed by atoms with Gasteiger partial charge >= 0.3 is 11.9 Å². The van der Waals surface area contributed by atoms with Gasteiger partial charge in [0.05, 0.1) is 24.5 Å². The van der Waals surface area contributed by atoms with Crippen molar-refractivity contribution in [3.8, 4) is 5.75 Å². The van der Waals surface area contributed by atoms with Crippen LogP contribution in [0.25, 0.3) is 0 Å². The number of para-hydroxylation sites is 1. The third-order valence-corrected chi connectivity index (χ3v) is 6.57. The van der Waals surface area contributed by atoms with E-state index in [1.54, 1.807) is 18.2 Å². The summed E-state index contributed by atoms with van der Waals surface area (Å²) in [4.78, 5) is 28.5. The van der Waals surface area contributed by atoms with Gasteiger partial charge in [0, 0.05) is 28.5 Å². The van der Waals surface area contributed by atoms with E-state index in [4.69, 9.17) is 19.5 Å². The minimum Gasteiger partial charge on any atom is -0.473 e. The molecule has 0 saturated heterocycles. The lowest BCUT2D eigenvalue weighted by Crippen LogP contribution is -2.32. The lowest BCUT2D eigenvalue weighted by molar-refractivity contribution is -0.215. The number of nitrogens with one attached hydrogen (secondary N) is 2. The van der Waals surface area contributed by atoms with E-state index in [1.807, 2.05) is 47.4 Å². The first-order valence-electron chi connectivity index (χ1n) is 12.3. The van der Waals surface area contributed by atoms with Crippen molar-refractivity contribution in [2.24, 2.45) is 10.2 Å². The minimum atomic E-state index is -0.383. The predicted molar refractivity (Wildman–Crippen MR) is 161 cm³/mol. The van der Waals surface area contributed by atoms with Crippen LogP contribution >= 0.6 is 31.9 Å². The molecule has 0 heterocycles. The van der Waals surface area contributed by atoms with Crippen LogP contribution in [0.5, 0.6) is 5.75 Å². The van der Waals surface area contributed by atoms with E-state index in [0.717, 1.165) is 5.69 Å². The Morgan fingerprint density at radius 1 is 0.902 bits per heavy atom. The number of ether oxygens (including phenoxy) is 3. The number of anilines is 3. The average Bonchev–Trinajstić information content (AvgIpc) is 2.93. The molecule has 0 aliphatic heterocycles. The molecular weight excluding hydrogens is 666 g/mol. The number of carbonyl (C=O) groups is 2. The zero-order valence-corrected chi connectivity index (χ0v) is 25.5. The highest BCUT2D eigenvalue weighted by molar-refractivity contribution is 9.11. The molecule has 3 aromatic carbocycles. The topological polar surface area (TPSA) is 143 Å². The fourth-order valence-electron chi connectivity index (χ4n) is 3.51. The quantitative estimate of drug-likeness (QED) is 0.0510. The Morgan fingerprint density at radius 3 is 2.12 bits per heavy atom. The van der Waals surface area contributed by atoms with Crippen LogP contribution in [-0.4, -0.2) is 50.2 Å². The smallest absolute Gasteiger partial charge is 0.302 e. The molecule has 3 N–H and O–H groups in total. The number of nitrogens with zero attached hydrogens (tertiary/aromatic N) is 3. The van der Waals surface area contributed by atoms with E-state index in [9.17, 15) is 9.59 Å². The summed E-state index contributed by atoms with van der Waals surface area (Å²) in [6, 6.07) is 18.2. The van der Waals surface area contributed by atoms with Gasteiger partial charge in [-0.15, -0.1) is 15.2 Å². The molecule has 3 rings (SSSR count). The van der Waals surface area contributed by atoms with Gasteiger partial charge in [0.25, 0.3) is 0 Å². The van der Waals surface area contributed by atoms with E-state index in [2.05, 4.69) is 57.9 Å². The second-order valence-corrected chi connectivity index (χ2v) is 10.0. The number of esters is 2. The van der Waals surface area contributed by atoms with Crippen LogP contribution < -0.4 is 20.4 Å². The van der Waals surface area contributed by atoms with Crippen molar-refractivity contribution in [1.29, 1.82) is 0 Å². The van der Waals surface area contributed by atoms with Crippen molar-refractivity contribution in [2.75, 3.05) is 48.7 Å². The largest absolute Gasteiger partial charge is 0.473 e. The molecule has 0 fully saturated rings. The Labute approximate surface area is 253 Å². The summed E-state index contributed by atoms with van der Waals surface area (Å²) in [5.41, 5.74) is 5.23. The van der Waals surface area contributed by atoms with Crippen LogP contribution in [-0.2, 0) is 24.1 Å². The highest BCUT2D eigenvalue weighted by Crippen LogP contribution is 2.39. The molecule has 0 unspecified atom stereocenters. The van der Waals surface area contributed by atoms with Crippen molar-refractivity contribution < 1.29 is 34.0 Å². The number of benzene rings is 3. The molecule has 3 aromatic rings. The molecule has 0 radical (unpaired) electrons. The van der Waals surface area contributed by atoms with Gasteiger partial charge in [-0.1, -0.05) is 18.2 Å². The molecule has 0 bridgehead atoms. The van der Waals surface area contributed by atoms with Crippen molar-refractivity contribution >= 4 is 72.2 Å². The zero-order chi connectivity index (χ0) is 29.6. The first-order chi connectivity index (χ1) is 19.8. The summed E-state index contributed by atoms with van der Waals surface area (Å²) in [5.74, 6) is -0.0746. The van der Waals surface area contributed by atoms with Crippen LogP contribution in [0.15, 0.2) is 79.8 Å². The molecule has 218 valence electrons. The van der Waals surface area contributed by atoms with Crippen LogP contribution in [0.2, 0.25) is 0 Å². The van der Waals surface area contributed by atoms with Gasteiger partial charge in [-0.3, -0.25) is 9.59 Å². The van der Waals surface area contributed by atoms with Crippen molar-refractivity contribution in [3.05, 3.63) is 69.6 Å². The zero-order valence-electron chi connectivity index (χ0n) is 22.3. The minimum absolute atomic E-state index is 0.145. The summed E-state index contributed by atoms with van der Waals surface area (Å²) in [6.45, 7) is 3.90. The summed E-state index contributed by atoms with van der Waals surface area (Å²) in [7, 11) is 0. The molecule has 0 saturated carbocycles. The van der Waals surface area contributed by atoms with Gasteiger partial charge in [0.2, 0.25) is 0 Å². The van der Waals surface area contributed by atoms with Gasteiger partial charge in [-0.05, 0) is 74.3 Å². The van der Waals surface area contributed by atoms with Crippen molar-refractivity contribution in [3.63, 3.8) is 0 Å². The molecule has 0 aliphatic carbocycles. The molecule has 0 aromatic heterocycles. The van der Waals surface area contributed by atoms with Crippen LogP contribution in [0.3, 0.4) is 0 Å². The van der Waals surface area contributed by atoms with Crippen LogP contribution in [0.4, 0.5) is 28.4 Å². The molecule has 14 heteroatoms. The summed E-state index contributed by atoms with van der Waals surface area (Å²) in [5, 5.41) is 20.8. The van der Waals surface area contributed by atoms with E-state index in [-0.39, 0.29) is 31.9 Å². The second kappa shape index (κ2) is 16.5. The van der Waals surface area contributed by atoms with Gasteiger partial charge in [-0.2, -0.15) is 0 Å². The number of halogens is 2. The monoisotopic (exact) mass is 693 g/mol. The molecule has 0 amide bonds. The van der Waals surface area contributed by atoms with Crippen molar-refractivity contribution in [2.45, 2.75) is 13.8 Å². The van der Waals surface area contributed by atoms with Crippen LogP contribution in [0.1, 0.15) is 13.8 Å². The van der Waals surface area contributed by atoms with Gasteiger partial charge in [0.1, 0.15) is 30.3 Å². The average molecular weight is 695 g/mol. The summed E-state index contributed by atoms with van der Waals surface area (Å²) in [6.07, 6.45) is 0. The Morgan fingerprint density at radius 2 is 1.54 bits per heavy atom. The van der Waals surface area contributed by atoms with E-state index >= 15 is 0 Å². The first kappa shape index (κ1) is 31.8. The van der Waals surface area contributed by atoms with Crippen molar-refractivity contribution in [1.82, 2.24) is 0 Å². The molecule has 0 spiro atoms. The normalized spacial score (nSPS) is 10.8. The van der Waals surface area contributed by atoms with E-state index < -0.39 is 0 Å². The predicted octanol–water partition coefficient (Wildman–Crippen LogP) is 6.82. The highest BCUT2D eigenvalue weighted by Gasteiger charge is 2.13. The molecule has 41 heavy (non-hydrogen) atoms. The molecule has 0 atom stereocenters. The number of hydrogen-bond donors (Lipinski definition) is 3. The Hall–Kier alpha value is -3.72. The lowest BCUT2D eigenvalue weighted by Gasteiger charge is -2.25. The SMILES string of the molecule is CC(=O)OCCN(CCOC(C)=O)c1ccc(N=Nc2c(Br)cc(NOO)cc2Br)c(NCOc2ccccc2)c1. The maximum Gasteiger partial charge on any atom is 0.302 e. The lowest BCUT2D eigenvalue weighted by atomic mass is 10.2. The number of azo groups is 1. The molecular formula is C27H29Br2N5O7. The maximum absolute atomic E-state index is 11.3. The highest BCUT2D eigenvalue weighted by atomic mass is 79.9. The summed E-state index contributed by atoms with van der Waals surface area (Å²) < 4.78 is 17.3. The summed E-state index contributed by atoms with van der Waals surface area (Å²) >= 11 is 6.90. The third-order valence-electron chi connectivity index (χ3n) is 5.36. The van der Waals surface area contributed by atoms with Gasteiger partial charge in [-0.25, -0.2) is 10.7 Å². The van der Waals surface area contributed by atoms with Gasteiger partial charge in [0.15, 0.2) is 6.73 Å². The van der Waals surface area contributed by atoms with Crippen LogP contribution in [0, 0.1) is 0 Å². The maximum atomic E-state index is 11.3. The Balaban J connectivity index is 1.89. The Kier molecular flexibility index (Phi) is 12.8. The first-order valence-corrected chi connectivity index (χ1v) is 13.9. The number of rotatable bonds is 15. The Bertz CT molecular complexity index is 1300. The third kappa shape index (κ3) is 10.6. The fourth-order valence-corrected chi connectivity index (χ4v) is 4.85. The number of hydrogen-bond acceptors (Lipinski definition) is 12. The molecule has 12 nitrogen and oxygen atoms in total. The molecule has 0 aliphatic rings. The fraction of sp³-hybridized carbons (Fsp3) is 0.259. The standard InChI is InChI=1S/C27H29Br2N5O7/c1-18(35)38-12-10-34(11-13-39-19(2)36)21-8-9-25(26(16-21)30-17-40-22-6-4-3-5-7-22)31-32-27-23(28)14-20(33-41-37)15-24(27)29/h3-9,14-16,30,33,37H,10-13,17H2,1-2H3. The van der Waals surface area contributed by atoms with E-state index in [1.165, 1.54) is 13.8 Å². The van der Waals surface area contributed by atoms with E-state index in [0.29, 0.717) is 50.5 Å². The second-order valence-electron chi connectivity index (χ2n) is 8.33. The van der Waals surface area contributed by atoms with Gasteiger partial charge < -0.3 is 24.4 Å². The number of carbonyl (C=O) groups excluding carboxylic acids is 2.